The molecule has 0 fully saturated rings. The van der Waals surface area contributed by atoms with Crippen LogP contribution < -0.4 is 10.1 Å². The zero-order valence-electron chi connectivity index (χ0n) is 10.3. The van der Waals surface area contributed by atoms with E-state index in [4.69, 9.17) is 11.2 Å². The van der Waals surface area contributed by atoms with Gasteiger partial charge in [-0.2, -0.15) is 0 Å². The number of carbonyl (C=O) groups excluding carboxylic acids is 1. The Kier molecular flexibility index (Phi) is 5.72. The second kappa shape index (κ2) is 7.33. The van der Waals surface area contributed by atoms with Crippen molar-refractivity contribution in [1.82, 2.24) is 5.32 Å². The summed E-state index contributed by atoms with van der Waals surface area (Å²) in [6.07, 6.45) is 7.50. The number of hydrogen-bond acceptors (Lipinski definition) is 2. The summed E-state index contributed by atoms with van der Waals surface area (Å²) in [5.74, 6) is 1.82. The molecule has 0 aliphatic carbocycles. The predicted molar refractivity (Wildman–Crippen MR) is 68.0 cm³/mol. The van der Waals surface area contributed by atoms with Crippen LogP contribution in [0.15, 0.2) is 18.2 Å². The molecule has 0 radical (unpaired) electrons. The van der Waals surface area contributed by atoms with Gasteiger partial charge in [-0.25, -0.2) is 4.39 Å². The third-order valence-electron chi connectivity index (χ3n) is 2.45. The zero-order chi connectivity index (χ0) is 13.4. The second-order valence-corrected chi connectivity index (χ2v) is 3.77. The summed E-state index contributed by atoms with van der Waals surface area (Å²) in [6, 6.07) is 4.12. The standard InChI is InChI=1S/C14H16FNO2/c1-3-4-5-6-9-16-14(17)11-7-8-13(18-2)12(15)10-11/h1,7-8,10H,4-6,9H2,2H3,(H,16,17). The fourth-order valence-electron chi connectivity index (χ4n) is 1.46. The van der Waals surface area contributed by atoms with Gasteiger partial charge in [0.2, 0.25) is 0 Å². The Morgan fingerprint density at radius 3 is 2.89 bits per heavy atom. The number of unbranched alkanes of at least 4 members (excludes halogenated alkanes) is 2. The van der Waals surface area contributed by atoms with Crippen molar-refractivity contribution in [2.75, 3.05) is 13.7 Å². The minimum absolute atomic E-state index is 0.126. The van der Waals surface area contributed by atoms with E-state index in [1.165, 1.54) is 19.2 Å². The number of benzene rings is 1. The van der Waals surface area contributed by atoms with Crippen molar-refractivity contribution in [2.45, 2.75) is 19.3 Å². The van der Waals surface area contributed by atoms with Crippen molar-refractivity contribution < 1.29 is 13.9 Å². The maximum atomic E-state index is 13.4. The molecule has 96 valence electrons. The number of amides is 1. The molecule has 0 aliphatic rings. The van der Waals surface area contributed by atoms with Crippen molar-refractivity contribution in [3.63, 3.8) is 0 Å². The quantitative estimate of drug-likeness (QED) is 0.621. The largest absolute Gasteiger partial charge is 0.494 e. The lowest BCUT2D eigenvalue weighted by Gasteiger charge is -2.06. The van der Waals surface area contributed by atoms with E-state index in [-0.39, 0.29) is 17.2 Å². The Morgan fingerprint density at radius 2 is 2.28 bits per heavy atom. The molecular formula is C14H16FNO2. The Balaban J connectivity index is 2.47. The summed E-state index contributed by atoms with van der Waals surface area (Å²) in [5, 5.41) is 2.71. The van der Waals surface area contributed by atoms with Crippen LogP contribution >= 0.6 is 0 Å². The van der Waals surface area contributed by atoms with Crippen molar-refractivity contribution >= 4 is 5.91 Å². The van der Waals surface area contributed by atoms with Crippen LogP contribution in [-0.4, -0.2) is 19.6 Å². The SMILES string of the molecule is C#CCCCCNC(=O)c1ccc(OC)c(F)c1. The minimum Gasteiger partial charge on any atom is -0.494 e. The van der Waals surface area contributed by atoms with Crippen LogP contribution in [0.25, 0.3) is 0 Å². The predicted octanol–water partition coefficient (Wildman–Crippen LogP) is 2.37. The van der Waals surface area contributed by atoms with Gasteiger partial charge in [-0.15, -0.1) is 12.3 Å². The minimum atomic E-state index is -0.544. The van der Waals surface area contributed by atoms with Crippen molar-refractivity contribution in [3.8, 4) is 18.1 Å². The maximum Gasteiger partial charge on any atom is 0.251 e. The first kappa shape index (κ1) is 14.0. The van der Waals surface area contributed by atoms with Crippen LogP contribution in [-0.2, 0) is 0 Å². The molecule has 1 aromatic carbocycles. The summed E-state index contributed by atoms with van der Waals surface area (Å²) in [6.45, 7) is 0.536. The number of methoxy groups -OCH3 is 1. The number of ether oxygens (including phenoxy) is 1. The molecular weight excluding hydrogens is 233 g/mol. The average molecular weight is 249 g/mol. The van der Waals surface area contributed by atoms with Crippen LogP contribution in [0.3, 0.4) is 0 Å². The third-order valence-corrected chi connectivity index (χ3v) is 2.45. The zero-order valence-corrected chi connectivity index (χ0v) is 10.3. The van der Waals surface area contributed by atoms with Gasteiger partial charge >= 0.3 is 0 Å². The molecule has 1 rings (SSSR count). The first-order chi connectivity index (χ1) is 8.69. The lowest BCUT2D eigenvalue weighted by atomic mass is 10.2. The molecule has 4 heteroatoms. The Hall–Kier alpha value is -2.02. The smallest absolute Gasteiger partial charge is 0.251 e. The molecule has 1 amide bonds. The highest BCUT2D eigenvalue weighted by Crippen LogP contribution is 2.17. The van der Waals surface area contributed by atoms with Crippen molar-refractivity contribution in [2.24, 2.45) is 0 Å². The van der Waals surface area contributed by atoms with E-state index in [1.807, 2.05) is 0 Å². The highest BCUT2D eigenvalue weighted by Gasteiger charge is 2.09. The summed E-state index contributed by atoms with van der Waals surface area (Å²) in [5.41, 5.74) is 0.283. The Bertz CT molecular complexity index is 452. The average Bonchev–Trinajstić information content (AvgIpc) is 2.38. The maximum absolute atomic E-state index is 13.4. The van der Waals surface area contributed by atoms with Gasteiger partial charge in [-0.1, -0.05) is 0 Å². The van der Waals surface area contributed by atoms with E-state index < -0.39 is 5.82 Å². The van der Waals surface area contributed by atoms with Gasteiger partial charge in [-0.3, -0.25) is 4.79 Å². The molecule has 0 bridgehead atoms. The molecule has 0 heterocycles. The number of halogens is 1. The van der Waals surface area contributed by atoms with Gasteiger partial charge in [0, 0.05) is 18.5 Å². The number of nitrogens with one attached hydrogen (secondary N) is 1. The van der Waals surface area contributed by atoms with Gasteiger partial charge in [0.1, 0.15) is 0 Å². The summed E-state index contributed by atoms with van der Waals surface area (Å²) in [7, 11) is 1.38. The van der Waals surface area contributed by atoms with Gasteiger partial charge in [-0.05, 0) is 31.0 Å². The summed E-state index contributed by atoms with van der Waals surface area (Å²) >= 11 is 0. The molecule has 1 N–H and O–H groups in total. The highest BCUT2D eigenvalue weighted by molar-refractivity contribution is 5.94. The monoisotopic (exact) mass is 249 g/mol. The Labute approximate surface area is 106 Å². The van der Waals surface area contributed by atoms with E-state index in [0.29, 0.717) is 13.0 Å². The van der Waals surface area contributed by atoms with E-state index in [0.717, 1.165) is 18.9 Å². The van der Waals surface area contributed by atoms with Crippen LogP contribution in [0.4, 0.5) is 4.39 Å². The van der Waals surface area contributed by atoms with E-state index in [1.54, 1.807) is 0 Å². The van der Waals surface area contributed by atoms with Crippen LogP contribution in [0.5, 0.6) is 5.75 Å². The molecule has 0 spiro atoms. The highest BCUT2D eigenvalue weighted by atomic mass is 19.1. The van der Waals surface area contributed by atoms with E-state index >= 15 is 0 Å². The number of terminal acetylenes is 1. The Morgan fingerprint density at radius 1 is 1.50 bits per heavy atom. The fraction of sp³-hybridized carbons (Fsp3) is 0.357. The lowest BCUT2D eigenvalue weighted by molar-refractivity contribution is 0.0952. The molecule has 1 aromatic rings. The van der Waals surface area contributed by atoms with Gasteiger partial charge in [0.05, 0.1) is 7.11 Å². The molecule has 0 aliphatic heterocycles. The lowest BCUT2D eigenvalue weighted by Crippen LogP contribution is -2.24. The number of rotatable bonds is 6. The first-order valence-electron chi connectivity index (χ1n) is 5.74. The van der Waals surface area contributed by atoms with Gasteiger partial charge in [0.25, 0.3) is 5.91 Å². The topological polar surface area (TPSA) is 38.3 Å². The van der Waals surface area contributed by atoms with Crippen LogP contribution in [0, 0.1) is 18.2 Å². The number of hydrogen-bond donors (Lipinski definition) is 1. The summed E-state index contributed by atoms with van der Waals surface area (Å²) < 4.78 is 18.2. The molecule has 0 aromatic heterocycles. The van der Waals surface area contributed by atoms with Crippen LogP contribution in [0.2, 0.25) is 0 Å². The normalized spacial score (nSPS) is 9.61. The van der Waals surface area contributed by atoms with E-state index in [2.05, 4.69) is 11.2 Å². The second-order valence-electron chi connectivity index (χ2n) is 3.77. The number of carbonyl (C=O) groups is 1. The molecule has 0 saturated heterocycles. The van der Waals surface area contributed by atoms with Gasteiger partial charge in [0.15, 0.2) is 11.6 Å². The molecule has 3 nitrogen and oxygen atoms in total. The fourth-order valence-corrected chi connectivity index (χ4v) is 1.46. The summed E-state index contributed by atoms with van der Waals surface area (Å²) in [4.78, 5) is 11.7. The first-order valence-corrected chi connectivity index (χ1v) is 5.74. The van der Waals surface area contributed by atoms with Gasteiger partial charge < -0.3 is 10.1 Å². The van der Waals surface area contributed by atoms with Crippen molar-refractivity contribution in [1.29, 1.82) is 0 Å². The van der Waals surface area contributed by atoms with Crippen molar-refractivity contribution in [3.05, 3.63) is 29.6 Å². The van der Waals surface area contributed by atoms with E-state index in [9.17, 15) is 9.18 Å². The molecule has 0 unspecified atom stereocenters. The molecule has 0 atom stereocenters. The van der Waals surface area contributed by atoms with Crippen LogP contribution in [0.1, 0.15) is 29.6 Å². The molecule has 18 heavy (non-hydrogen) atoms. The third kappa shape index (κ3) is 4.10. The molecule has 0 saturated carbocycles.